The molecule has 0 saturated carbocycles. The molecule has 0 aliphatic carbocycles. The van der Waals surface area contributed by atoms with Crippen molar-refractivity contribution < 1.29 is 13.5 Å². The molecule has 0 radical (unpaired) electrons. The van der Waals surface area contributed by atoms with Gasteiger partial charge in [0.2, 0.25) is 0 Å². The molecule has 1 aromatic rings. The van der Waals surface area contributed by atoms with Gasteiger partial charge in [-0.1, -0.05) is 29.3 Å². The Morgan fingerprint density at radius 2 is 1.67 bits per heavy atom. The first-order valence-electron chi connectivity index (χ1n) is 3.00. The highest BCUT2D eigenvalue weighted by Gasteiger charge is 2.11. The van der Waals surface area contributed by atoms with Crippen LogP contribution in [0.2, 0.25) is 10.0 Å². The second kappa shape index (κ2) is 3.92. The lowest BCUT2D eigenvalue weighted by Gasteiger charge is -2.07. The number of hydrogen-bond acceptors (Lipinski definition) is 1. The van der Waals surface area contributed by atoms with Crippen molar-refractivity contribution in [2.45, 2.75) is 6.61 Å². The summed E-state index contributed by atoms with van der Waals surface area (Å²) in [4.78, 5) is 0. The van der Waals surface area contributed by atoms with Crippen molar-refractivity contribution in [2.24, 2.45) is 0 Å². The molecule has 0 spiro atoms. The van der Waals surface area contributed by atoms with Crippen molar-refractivity contribution >= 4 is 23.2 Å². The van der Waals surface area contributed by atoms with Crippen LogP contribution in [0.5, 0.6) is 5.75 Å². The summed E-state index contributed by atoms with van der Waals surface area (Å²) in [7, 11) is 0. The SMILES string of the molecule is FC(F)Oc1c(Cl)cccc1Cl. The molecule has 5 heteroatoms. The van der Waals surface area contributed by atoms with Gasteiger partial charge in [-0.3, -0.25) is 0 Å². The van der Waals surface area contributed by atoms with E-state index >= 15 is 0 Å². The van der Waals surface area contributed by atoms with Crippen molar-refractivity contribution in [1.82, 2.24) is 0 Å². The van der Waals surface area contributed by atoms with Crippen LogP contribution >= 0.6 is 23.2 Å². The van der Waals surface area contributed by atoms with Crippen LogP contribution in [0, 0.1) is 0 Å². The molecule has 0 fully saturated rings. The lowest BCUT2D eigenvalue weighted by Crippen LogP contribution is -2.02. The maximum absolute atomic E-state index is 11.7. The first-order chi connectivity index (χ1) is 5.61. The highest BCUT2D eigenvalue weighted by atomic mass is 35.5. The van der Waals surface area contributed by atoms with Gasteiger partial charge in [0.1, 0.15) is 0 Å². The van der Waals surface area contributed by atoms with E-state index < -0.39 is 6.61 Å². The molecular weight excluding hydrogens is 209 g/mol. The average molecular weight is 213 g/mol. The summed E-state index contributed by atoms with van der Waals surface area (Å²) in [5.41, 5.74) is 0. The number of halogens is 4. The maximum Gasteiger partial charge on any atom is 0.387 e. The first-order valence-corrected chi connectivity index (χ1v) is 3.75. The Bertz CT molecular complexity index is 258. The zero-order valence-electron chi connectivity index (χ0n) is 5.73. The summed E-state index contributed by atoms with van der Waals surface area (Å²) in [5, 5.41) is 0.144. The van der Waals surface area contributed by atoms with Crippen LogP contribution in [0.25, 0.3) is 0 Å². The molecule has 0 atom stereocenters. The highest BCUT2D eigenvalue weighted by Crippen LogP contribution is 2.33. The molecular formula is C7H4Cl2F2O. The predicted molar refractivity (Wildman–Crippen MR) is 43.1 cm³/mol. The number of benzene rings is 1. The Hall–Kier alpha value is -0.540. The quantitative estimate of drug-likeness (QED) is 0.729. The fraction of sp³-hybridized carbons (Fsp3) is 0.143. The molecule has 1 rings (SSSR count). The lowest BCUT2D eigenvalue weighted by atomic mass is 10.3. The second-order valence-corrected chi connectivity index (χ2v) is 2.74. The molecule has 0 aliphatic rings. The molecule has 0 aliphatic heterocycles. The third-order valence-corrected chi connectivity index (χ3v) is 1.72. The van der Waals surface area contributed by atoms with E-state index in [1.165, 1.54) is 12.1 Å². The van der Waals surface area contributed by atoms with Gasteiger partial charge in [-0.15, -0.1) is 0 Å². The fourth-order valence-corrected chi connectivity index (χ4v) is 1.17. The second-order valence-electron chi connectivity index (χ2n) is 1.93. The van der Waals surface area contributed by atoms with E-state index in [9.17, 15) is 8.78 Å². The monoisotopic (exact) mass is 212 g/mol. The van der Waals surface area contributed by atoms with E-state index in [4.69, 9.17) is 23.2 Å². The molecule has 1 nitrogen and oxygen atoms in total. The third kappa shape index (κ3) is 2.22. The topological polar surface area (TPSA) is 9.23 Å². The summed E-state index contributed by atoms with van der Waals surface area (Å²) in [6.45, 7) is -2.91. The van der Waals surface area contributed by atoms with Gasteiger partial charge >= 0.3 is 6.61 Å². The number of hydrogen-bond donors (Lipinski definition) is 0. The van der Waals surface area contributed by atoms with Gasteiger partial charge < -0.3 is 4.74 Å². The molecule has 66 valence electrons. The third-order valence-electron chi connectivity index (χ3n) is 1.13. The molecule has 1 aromatic carbocycles. The van der Waals surface area contributed by atoms with Gasteiger partial charge in [0.25, 0.3) is 0 Å². The molecule has 0 heterocycles. The average Bonchev–Trinajstić information content (AvgIpc) is 1.97. The first kappa shape index (κ1) is 9.55. The summed E-state index contributed by atoms with van der Waals surface area (Å²) in [6, 6.07) is 4.39. The Kier molecular flexibility index (Phi) is 3.12. The highest BCUT2D eigenvalue weighted by molar-refractivity contribution is 6.37. The van der Waals surface area contributed by atoms with Gasteiger partial charge in [0.15, 0.2) is 5.75 Å². The van der Waals surface area contributed by atoms with Gasteiger partial charge in [-0.05, 0) is 12.1 Å². The zero-order chi connectivity index (χ0) is 9.14. The molecule has 0 N–H and O–H groups in total. The molecule has 12 heavy (non-hydrogen) atoms. The number of rotatable bonds is 2. The van der Waals surface area contributed by atoms with Crippen LogP contribution in [0.4, 0.5) is 8.78 Å². The Morgan fingerprint density at radius 1 is 1.17 bits per heavy atom. The van der Waals surface area contributed by atoms with Crippen LogP contribution in [0.15, 0.2) is 18.2 Å². The van der Waals surface area contributed by atoms with E-state index in [1.54, 1.807) is 6.07 Å². The number of para-hydroxylation sites is 1. The summed E-state index contributed by atoms with van der Waals surface area (Å²) < 4.78 is 27.6. The van der Waals surface area contributed by atoms with E-state index in [0.717, 1.165) is 0 Å². The molecule has 0 bridgehead atoms. The van der Waals surface area contributed by atoms with E-state index in [2.05, 4.69) is 4.74 Å². The van der Waals surface area contributed by atoms with Crippen molar-refractivity contribution in [3.8, 4) is 5.75 Å². The normalized spacial score (nSPS) is 10.4. The largest absolute Gasteiger partial charge is 0.432 e. The Morgan fingerprint density at radius 3 is 2.08 bits per heavy atom. The fourth-order valence-electron chi connectivity index (χ4n) is 0.684. The number of alkyl halides is 2. The van der Waals surface area contributed by atoms with Gasteiger partial charge in [-0.25, -0.2) is 0 Å². The van der Waals surface area contributed by atoms with Gasteiger partial charge in [0.05, 0.1) is 10.0 Å². The standard InChI is InChI=1S/C7H4Cl2F2O/c8-4-2-1-3-5(9)6(4)12-7(10)11/h1-3,7H. The summed E-state index contributed by atoms with van der Waals surface area (Å²) in [6.07, 6.45) is 0. The van der Waals surface area contributed by atoms with Crippen LogP contribution in [-0.2, 0) is 0 Å². The van der Waals surface area contributed by atoms with Gasteiger partial charge in [0, 0.05) is 0 Å². The summed E-state index contributed by atoms with van der Waals surface area (Å²) >= 11 is 11.1. The van der Waals surface area contributed by atoms with Crippen molar-refractivity contribution in [2.75, 3.05) is 0 Å². The zero-order valence-corrected chi connectivity index (χ0v) is 7.24. The molecule has 0 amide bonds. The molecule has 0 unspecified atom stereocenters. The maximum atomic E-state index is 11.7. The van der Waals surface area contributed by atoms with Gasteiger partial charge in [-0.2, -0.15) is 8.78 Å². The van der Waals surface area contributed by atoms with E-state index in [0.29, 0.717) is 0 Å². The van der Waals surface area contributed by atoms with E-state index in [-0.39, 0.29) is 15.8 Å². The predicted octanol–water partition coefficient (Wildman–Crippen LogP) is 3.59. The minimum absolute atomic E-state index is 0.0720. The van der Waals surface area contributed by atoms with Crippen molar-refractivity contribution in [1.29, 1.82) is 0 Å². The van der Waals surface area contributed by atoms with Crippen LogP contribution < -0.4 is 4.74 Å². The lowest BCUT2D eigenvalue weighted by molar-refractivity contribution is -0.0497. The molecule has 0 aromatic heterocycles. The van der Waals surface area contributed by atoms with E-state index in [1.807, 2.05) is 0 Å². The number of ether oxygens (including phenoxy) is 1. The molecule has 0 saturated heterocycles. The van der Waals surface area contributed by atoms with Crippen LogP contribution in [0.1, 0.15) is 0 Å². The van der Waals surface area contributed by atoms with Crippen molar-refractivity contribution in [3.63, 3.8) is 0 Å². The smallest absolute Gasteiger partial charge is 0.387 e. The van der Waals surface area contributed by atoms with Crippen LogP contribution in [0.3, 0.4) is 0 Å². The minimum Gasteiger partial charge on any atom is -0.432 e. The Labute approximate surface area is 77.8 Å². The summed E-state index contributed by atoms with van der Waals surface area (Å²) in [5.74, 6) is -0.184. The Balaban J connectivity index is 2.96. The van der Waals surface area contributed by atoms with Crippen molar-refractivity contribution in [3.05, 3.63) is 28.2 Å². The minimum atomic E-state index is -2.91. The van der Waals surface area contributed by atoms with Crippen LogP contribution in [-0.4, -0.2) is 6.61 Å².